The van der Waals surface area contributed by atoms with Crippen LogP contribution in [-0.2, 0) is 0 Å². The minimum atomic E-state index is 0.182. The average Bonchev–Trinajstić information content (AvgIpc) is 2.55. The van der Waals surface area contributed by atoms with Crippen LogP contribution in [0.25, 0.3) is 10.9 Å². The van der Waals surface area contributed by atoms with Gasteiger partial charge in [0.2, 0.25) is 0 Å². The van der Waals surface area contributed by atoms with Crippen molar-refractivity contribution in [3.63, 3.8) is 0 Å². The van der Waals surface area contributed by atoms with Gasteiger partial charge in [-0.2, -0.15) is 5.26 Å². The summed E-state index contributed by atoms with van der Waals surface area (Å²) < 4.78 is 5.00. The first-order chi connectivity index (χ1) is 6.76. The highest BCUT2D eigenvalue weighted by molar-refractivity contribution is 5.85. The van der Waals surface area contributed by atoms with Crippen LogP contribution in [0.15, 0.2) is 18.2 Å². The first-order valence-electron chi connectivity index (χ1n) is 3.92. The monoisotopic (exact) mass is 189 g/mol. The lowest BCUT2D eigenvalue weighted by molar-refractivity contribution is 0.161. The number of fused-ring (bicyclic) bond motifs is 1. The first-order valence-corrected chi connectivity index (χ1v) is 3.92. The number of nitrogens with zero attached hydrogens (tertiary/aromatic N) is 3. The average molecular weight is 189 g/mol. The molecule has 0 saturated carbocycles. The third kappa shape index (κ3) is 1.05. The van der Waals surface area contributed by atoms with Gasteiger partial charge in [0.15, 0.2) is 5.69 Å². The zero-order chi connectivity index (χ0) is 10.1. The van der Waals surface area contributed by atoms with E-state index in [1.165, 1.54) is 7.11 Å². The smallest absolute Gasteiger partial charge is 0.174 e. The second-order valence-electron chi connectivity index (χ2n) is 2.73. The lowest BCUT2D eigenvalue weighted by Crippen LogP contribution is -1.91. The van der Waals surface area contributed by atoms with Gasteiger partial charge in [0.25, 0.3) is 0 Å². The van der Waals surface area contributed by atoms with Crippen LogP contribution in [0.4, 0.5) is 0 Å². The van der Waals surface area contributed by atoms with Gasteiger partial charge in [-0.25, -0.2) is 0 Å². The molecule has 0 amide bonds. The summed E-state index contributed by atoms with van der Waals surface area (Å²) in [6, 6.07) is 6.89. The minimum Gasteiger partial charge on any atom is -0.497 e. The summed E-state index contributed by atoms with van der Waals surface area (Å²) in [5.74, 6) is 0.627. The molecule has 2 rings (SSSR count). The summed E-state index contributed by atoms with van der Waals surface area (Å²) in [5, 5.41) is 22.3. The minimum absolute atomic E-state index is 0.182. The maximum atomic E-state index is 9.30. The summed E-state index contributed by atoms with van der Waals surface area (Å²) in [5.41, 5.74) is 0.670. The van der Waals surface area contributed by atoms with Crippen LogP contribution >= 0.6 is 0 Å². The van der Waals surface area contributed by atoms with Crippen molar-refractivity contribution in [3.8, 4) is 11.8 Å². The van der Waals surface area contributed by atoms with Crippen molar-refractivity contribution in [2.75, 3.05) is 7.11 Å². The molecule has 1 N–H and O–H groups in total. The Balaban J connectivity index is 2.79. The largest absolute Gasteiger partial charge is 0.497 e. The number of hydrogen-bond donors (Lipinski definition) is 1. The third-order valence-electron chi connectivity index (χ3n) is 1.97. The predicted octanol–water partition coefficient (Wildman–Crippen LogP) is 1.15. The number of methoxy groups -OCH3 is 1. The Morgan fingerprint density at radius 2 is 2.36 bits per heavy atom. The van der Waals surface area contributed by atoms with E-state index in [0.717, 1.165) is 0 Å². The standard InChI is InChI=1S/C9H7N3O2/c1-14-6-2-3-9-7(4-6)8(5-10)11-12(9)13/h2-4,13H,1H3. The Morgan fingerprint density at radius 3 is 3.00 bits per heavy atom. The van der Waals surface area contributed by atoms with Crippen molar-refractivity contribution < 1.29 is 9.94 Å². The molecule has 0 unspecified atom stereocenters. The summed E-state index contributed by atoms with van der Waals surface area (Å²) in [6.45, 7) is 0. The quantitative estimate of drug-likeness (QED) is 0.683. The lowest BCUT2D eigenvalue weighted by Gasteiger charge is -1.98. The summed E-state index contributed by atoms with van der Waals surface area (Å²) in [4.78, 5) is 0.688. The first kappa shape index (κ1) is 8.38. The van der Waals surface area contributed by atoms with Gasteiger partial charge >= 0.3 is 0 Å². The molecule has 1 aromatic carbocycles. The van der Waals surface area contributed by atoms with Crippen molar-refractivity contribution in [2.24, 2.45) is 0 Å². The van der Waals surface area contributed by atoms with Crippen molar-refractivity contribution in [2.45, 2.75) is 0 Å². The zero-order valence-electron chi connectivity index (χ0n) is 7.43. The molecule has 0 atom stereocenters. The molecule has 1 aromatic heterocycles. The lowest BCUT2D eigenvalue weighted by atomic mass is 10.2. The molecule has 14 heavy (non-hydrogen) atoms. The van der Waals surface area contributed by atoms with Gasteiger partial charge < -0.3 is 9.94 Å². The molecule has 1 heterocycles. The van der Waals surface area contributed by atoms with Crippen LogP contribution in [0, 0.1) is 11.3 Å². The molecule has 0 bridgehead atoms. The van der Waals surface area contributed by atoms with Gasteiger partial charge in [-0.15, -0.1) is 9.94 Å². The highest BCUT2D eigenvalue weighted by Crippen LogP contribution is 2.22. The normalized spacial score (nSPS) is 10.0. The summed E-state index contributed by atoms with van der Waals surface area (Å²) >= 11 is 0. The maximum absolute atomic E-state index is 9.30. The van der Waals surface area contributed by atoms with Gasteiger partial charge in [-0.05, 0) is 18.2 Å². The summed E-state index contributed by atoms with van der Waals surface area (Å²) in [7, 11) is 1.54. The van der Waals surface area contributed by atoms with Crippen LogP contribution < -0.4 is 4.74 Å². The van der Waals surface area contributed by atoms with E-state index in [1.54, 1.807) is 18.2 Å². The number of nitriles is 1. The van der Waals surface area contributed by atoms with Crippen molar-refractivity contribution in [1.29, 1.82) is 5.26 Å². The molecule has 5 nitrogen and oxygen atoms in total. The molecule has 0 saturated heterocycles. The van der Waals surface area contributed by atoms with E-state index in [2.05, 4.69) is 5.10 Å². The summed E-state index contributed by atoms with van der Waals surface area (Å²) in [6.07, 6.45) is 0. The van der Waals surface area contributed by atoms with E-state index >= 15 is 0 Å². The Hall–Kier alpha value is -2.22. The number of benzene rings is 1. The fourth-order valence-electron chi connectivity index (χ4n) is 1.29. The van der Waals surface area contributed by atoms with E-state index in [1.807, 2.05) is 6.07 Å². The Morgan fingerprint density at radius 1 is 1.57 bits per heavy atom. The van der Waals surface area contributed by atoms with E-state index in [0.29, 0.717) is 21.5 Å². The Kier molecular flexibility index (Phi) is 1.75. The maximum Gasteiger partial charge on any atom is 0.174 e. The molecule has 0 spiro atoms. The van der Waals surface area contributed by atoms with Crippen LogP contribution in [0.5, 0.6) is 5.75 Å². The fraction of sp³-hybridized carbons (Fsp3) is 0.111. The van der Waals surface area contributed by atoms with Gasteiger partial charge in [-0.3, -0.25) is 0 Å². The molecule has 0 aliphatic rings. The van der Waals surface area contributed by atoms with Crippen molar-refractivity contribution in [1.82, 2.24) is 9.94 Å². The topological polar surface area (TPSA) is 71.1 Å². The van der Waals surface area contributed by atoms with E-state index < -0.39 is 0 Å². The molecule has 0 aliphatic carbocycles. The fourth-order valence-corrected chi connectivity index (χ4v) is 1.29. The second kappa shape index (κ2) is 2.92. The molecule has 0 aliphatic heterocycles. The second-order valence-corrected chi connectivity index (χ2v) is 2.73. The molecule has 70 valence electrons. The van der Waals surface area contributed by atoms with Crippen molar-refractivity contribution >= 4 is 10.9 Å². The van der Waals surface area contributed by atoms with Crippen molar-refractivity contribution in [3.05, 3.63) is 23.9 Å². The molecular weight excluding hydrogens is 182 g/mol. The van der Waals surface area contributed by atoms with E-state index in [9.17, 15) is 5.21 Å². The molecule has 5 heteroatoms. The molecule has 0 fully saturated rings. The van der Waals surface area contributed by atoms with Gasteiger partial charge in [0, 0.05) is 5.39 Å². The Bertz CT molecular complexity index is 525. The Labute approximate surface area is 79.7 Å². The molecule has 0 radical (unpaired) electrons. The van der Waals surface area contributed by atoms with E-state index in [4.69, 9.17) is 10.00 Å². The van der Waals surface area contributed by atoms with Crippen LogP contribution in [0.2, 0.25) is 0 Å². The highest BCUT2D eigenvalue weighted by Gasteiger charge is 2.09. The van der Waals surface area contributed by atoms with Gasteiger partial charge in [0.1, 0.15) is 17.3 Å². The van der Waals surface area contributed by atoms with Crippen LogP contribution in [0.3, 0.4) is 0 Å². The third-order valence-corrected chi connectivity index (χ3v) is 1.97. The predicted molar refractivity (Wildman–Crippen MR) is 48.2 cm³/mol. The van der Waals surface area contributed by atoms with Gasteiger partial charge in [-0.1, -0.05) is 0 Å². The van der Waals surface area contributed by atoms with E-state index in [-0.39, 0.29) is 5.69 Å². The number of ether oxygens (including phenoxy) is 1. The van der Waals surface area contributed by atoms with Gasteiger partial charge in [0.05, 0.1) is 7.11 Å². The van der Waals surface area contributed by atoms with Crippen LogP contribution in [-0.4, -0.2) is 22.3 Å². The SMILES string of the molecule is COc1ccc2c(c1)c(C#N)nn2O. The molecular formula is C9H7N3O2. The zero-order valence-corrected chi connectivity index (χ0v) is 7.43. The number of rotatable bonds is 1. The van der Waals surface area contributed by atoms with Crippen LogP contribution in [0.1, 0.15) is 5.69 Å². The number of aromatic nitrogens is 2. The molecule has 2 aromatic rings. The number of hydrogen-bond acceptors (Lipinski definition) is 4. The highest BCUT2D eigenvalue weighted by atomic mass is 16.5.